The monoisotopic (exact) mass is 237 g/mol. The molecule has 2 nitrogen and oxygen atoms in total. The van der Waals surface area contributed by atoms with Crippen LogP contribution < -0.4 is 4.74 Å². The van der Waals surface area contributed by atoms with E-state index < -0.39 is 11.6 Å². The molecule has 0 aliphatic heterocycles. The molecular weight excluding hydrogens is 224 g/mol. The van der Waals surface area contributed by atoms with E-state index in [0.717, 1.165) is 37.8 Å². The van der Waals surface area contributed by atoms with Crippen LogP contribution in [-0.2, 0) is 0 Å². The largest absolute Gasteiger partial charge is 0.487 e. The van der Waals surface area contributed by atoms with Gasteiger partial charge < -0.3 is 4.74 Å². The van der Waals surface area contributed by atoms with Crippen LogP contribution in [0.3, 0.4) is 0 Å². The van der Waals surface area contributed by atoms with Crippen LogP contribution in [0.5, 0.6) is 5.75 Å². The normalized spacial score (nSPS) is 15.8. The first kappa shape index (κ1) is 11.8. The fourth-order valence-corrected chi connectivity index (χ4v) is 2.14. The Morgan fingerprint density at radius 2 is 1.82 bits per heavy atom. The van der Waals surface area contributed by atoms with Crippen molar-refractivity contribution in [3.05, 3.63) is 29.3 Å². The Morgan fingerprint density at radius 3 is 2.35 bits per heavy atom. The van der Waals surface area contributed by atoms with Gasteiger partial charge in [0.2, 0.25) is 0 Å². The summed E-state index contributed by atoms with van der Waals surface area (Å²) in [6.45, 7) is 0.347. The molecule has 0 aromatic heterocycles. The lowest BCUT2D eigenvalue weighted by molar-refractivity contribution is 0.231. The summed E-state index contributed by atoms with van der Waals surface area (Å²) in [6.07, 6.45) is 4.43. The van der Waals surface area contributed by atoms with Crippen LogP contribution in [0.2, 0.25) is 0 Å². The van der Waals surface area contributed by atoms with E-state index in [0.29, 0.717) is 12.5 Å². The second-order valence-electron chi connectivity index (χ2n) is 4.34. The van der Waals surface area contributed by atoms with Crippen LogP contribution in [0.25, 0.3) is 0 Å². The van der Waals surface area contributed by atoms with Crippen molar-refractivity contribution in [1.29, 1.82) is 5.26 Å². The van der Waals surface area contributed by atoms with Crippen LogP contribution in [0.4, 0.5) is 8.78 Å². The molecule has 1 aliphatic carbocycles. The standard InChI is InChI=1S/C13H13F2NO/c14-11-5-10(7-16)6-12(15)13(11)17-8-9-3-1-2-4-9/h5-6,9H,1-4,8H2. The van der Waals surface area contributed by atoms with Crippen LogP contribution in [-0.4, -0.2) is 6.61 Å². The molecule has 1 aliphatic rings. The molecule has 0 heterocycles. The number of nitrogens with zero attached hydrogens (tertiary/aromatic N) is 1. The SMILES string of the molecule is N#Cc1cc(F)c(OCC2CCCC2)c(F)c1. The Labute approximate surface area is 98.8 Å². The number of halogens is 2. The quantitative estimate of drug-likeness (QED) is 0.807. The van der Waals surface area contributed by atoms with Gasteiger partial charge in [0.15, 0.2) is 17.4 Å². The van der Waals surface area contributed by atoms with Gasteiger partial charge in [0.25, 0.3) is 0 Å². The molecule has 90 valence electrons. The van der Waals surface area contributed by atoms with E-state index in [-0.39, 0.29) is 11.3 Å². The highest BCUT2D eigenvalue weighted by Gasteiger charge is 2.18. The highest BCUT2D eigenvalue weighted by molar-refractivity contribution is 5.37. The number of hydrogen-bond donors (Lipinski definition) is 0. The van der Waals surface area contributed by atoms with Gasteiger partial charge in [-0.2, -0.15) is 5.26 Å². The second kappa shape index (κ2) is 5.13. The molecule has 1 fully saturated rings. The number of nitriles is 1. The van der Waals surface area contributed by atoms with E-state index >= 15 is 0 Å². The van der Waals surface area contributed by atoms with E-state index in [4.69, 9.17) is 10.00 Å². The van der Waals surface area contributed by atoms with Gasteiger partial charge >= 0.3 is 0 Å². The Kier molecular flexibility index (Phi) is 3.58. The summed E-state index contributed by atoms with van der Waals surface area (Å²) >= 11 is 0. The number of benzene rings is 1. The smallest absolute Gasteiger partial charge is 0.190 e. The van der Waals surface area contributed by atoms with Crippen molar-refractivity contribution in [3.8, 4) is 11.8 Å². The Hall–Kier alpha value is -1.63. The summed E-state index contributed by atoms with van der Waals surface area (Å²) in [5.41, 5.74) is -0.0341. The van der Waals surface area contributed by atoms with Gasteiger partial charge in [0.1, 0.15) is 0 Å². The Balaban J connectivity index is 2.07. The van der Waals surface area contributed by atoms with E-state index in [9.17, 15) is 8.78 Å². The third kappa shape index (κ3) is 2.73. The number of ether oxygens (including phenoxy) is 1. The molecule has 4 heteroatoms. The number of rotatable bonds is 3. The minimum Gasteiger partial charge on any atom is -0.487 e. The molecule has 0 radical (unpaired) electrons. The first-order chi connectivity index (χ1) is 8.20. The molecule has 0 amide bonds. The highest BCUT2D eigenvalue weighted by atomic mass is 19.1. The Bertz CT molecular complexity index is 424. The molecule has 0 atom stereocenters. The maximum absolute atomic E-state index is 13.5. The lowest BCUT2D eigenvalue weighted by Gasteiger charge is -2.12. The topological polar surface area (TPSA) is 33.0 Å². The van der Waals surface area contributed by atoms with Crippen molar-refractivity contribution in [2.75, 3.05) is 6.61 Å². The summed E-state index contributed by atoms with van der Waals surface area (Å²) in [4.78, 5) is 0. The van der Waals surface area contributed by atoms with E-state index in [1.807, 2.05) is 0 Å². The van der Waals surface area contributed by atoms with Crippen LogP contribution >= 0.6 is 0 Å². The average molecular weight is 237 g/mol. The van der Waals surface area contributed by atoms with Crippen LogP contribution in [0.15, 0.2) is 12.1 Å². The van der Waals surface area contributed by atoms with Gasteiger partial charge in [-0.25, -0.2) is 8.78 Å². The van der Waals surface area contributed by atoms with Gasteiger partial charge in [0, 0.05) is 0 Å². The fourth-order valence-electron chi connectivity index (χ4n) is 2.14. The summed E-state index contributed by atoms with van der Waals surface area (Å²) in [6, 6.07) is 3.68. The minimum atomic E-state index is -0.806. The molecule has 0 saturated heterocycles. The minimum absolute atomic E-state index is 0.0341. The van der Waals surface area contributed by atoms with Crippen LogP contribution in [0.1, 0.15) is 31.2 Å². The van der Waals surface area contributed by atoms with Crippen molar-refractivity contribution < 1.29 is 13.5 Å². The van der Waals surface area contributed by atoms with Gasteiger partial charge in [-0.05, 0) is 30.9 Å². The second-order valence-corrected chi connectivity index (χ2v) is 4.34. The molecule has 17 heavy (non-hydrogen) atoms. The molecule has 0 unspecified atom stereocenters. The number of hydrogen-bond acceptors (Lipinski definition) is 2. The van der Waals surface area contributed by atoms with E-state index in [2.05, 4.69) is 0 Å². The van der Waals surface area contributed by atoms with Crippen LogP contribution in [0, 0.1) is 28.9 Å². The lowest BCUT2D eigenvalue weighted by Crippen LogP contribution is -2.10. The maximum atomic E-state index is 13.5. The maximum Gasteiger partial charge on any atom is 0.190 e. The first-order valence-corrected chi connectivity index (χ1v) is 5.72. The van der Waals surface area contributed by atoms with Crippen molar-refractivity contribution in [3.63, 3.8) is 0 Å². The lowest BCUT2D eigenvalue weighted by atomic mass is 10.1. The molecule has 0 spiro atoms. The molecule has 2 rings (SSSR count). The molecule has 1 aromatic carbocycles. The molecule has 0 bridgehead atoms. The molecule has 0 N–H and O–H groups in total. The first-order valence-electron chi connectivity index (χ1n) is 5.72. The Morgan fingerprint density at radius 1 is 1.24 bits per heavy atom. The van der Waals surface area contributed by atoms with E-state index in [1.165, 1.54) is 0 Å². The fraction of sp³-hybridized carbons (Fsp3) is 0.462. The predicted molar refractivity (Wildman–Crippen MR) is 58.5 cm³/mol. The highest BCUT2D eigenvalue weighted by Crippen LogP contribution is 2.28. The summed E-state index contributed by atoms with van der Waals surface area (Å²) in [5.74, 6) is -1.58. The van der Waals surface area contributed by atoms with Crippen molar-refractivity contribution in [2.45, 2.75) is 25.7 Å². The van der Waals surface area contributed by atoms with Gasteiger partial charge in [-0.3, -0.25) is 0 Å². The van der Waals surface area contributed by atoms with Gasteiger partial charge in [-0.1, -0.05) is 12.8 Å². The zero-order chi connectivity index (χ0) is 12.3. The molecule has 1 aromatic rings. The third-order valence-electron chi connectivity index (χ3n) is 3.07. The van der Waals surface area contributed by atoms with Crippen molar-refractivity contribution in [1.82, 2.24) is 0 Å². The van der Waals surface area contributed by atoms with E-state index in [1.54, 1.807) is 6.07 Å². The molecule has 1 saturated carbocycles. The van der Waals surface area contributed by atoms with Crippen molar-refractivity contribution in [2.24, 2.45) is 5.92 Å². The van der Waals surface area contributed by atoms with Gasteiger partial charge in [-0.15, -0.1) is 0 Å². The zero-order valence-corrected chi connectivity index (χ0v) is 9.38. The van der Waals surface area contributed by atoms with Gasteiger partial charge in [0.05, 0.1) is 18.2 Å². The zero-order valence-electron chi connectivity index (χ0n) is 9.38. The molecular formula is C13H13F2NO. The summed E-state index contributed by atoms with van der Waals surface area (Å²) in [7, 11) is 0. The average Bonchev–Trinajstić information content (AvgIpc) is 2.80. The summed E-state index contributed by atoms with van der Waals surface area (Å²) < 4.78 is 32.1. The van der Waals surface area contributed by atoms with Crippen molar-refractivity contribution >= 4 is 0 Å². The summed E-state index contributed by atoms with van der Waals surface area (Å²) in [5, 5.41) is 8.56. The predicted octanol–water partition coefficient (Wildman–Crippen LogP) is 3.41. The third-order valence-corrected chi connectivity index (χ3v) is 3.07.